The van der Waals surface area contributed by atoms with Crippen molar-refractivity contribution in [1.82, 2.24) is 9.55 Å². The summed E-state index contributed by atoms with van der Waals surface area (Å²) in [6.07, 6.45) is 1.66. The lowest BCUT2D eigenvalue weighted by molar-refractivity contribution is 0.174. The van der Waals surface area contributed by atoms with Crippen LogP contribution in [0.5, 0.6) is 11.5 Å². The van der Waals surface area contributed by atoms with Gasteiger partial charge in [0, 0.05) is 30.4 Å². The fourth-order valence-electron chi connectivity index (χ4n) is 4.00. The lowest BCUT2D eigenvalue weighted by Gasteiger charge is -2.10. The van der Waals surface area contributed by atoms with Gasteiger partial charge in [0.1, 0.15) is 5.82 Å². The molecule has 1 aromatic heterocycles. The van der Waals surface area contributed by atoms with Crippen molar-refractivity contribution in [3.63, 3.8) is 0 Å². The van der Waals surface area contributed by atoms with E-state index in [1.54, 1.807) is 18.2 Å². The molecule has 1 aliphatic heterocycles. The standard InChI is InChI=1S/C25H24N4O3/c1-2-29-21-9-4-3-8-20(21)28-24(29)13-10-17-6-5-7-18(14-17)26-25(30)27-19-11-12-22-23(15-19)32-16-31-22/h3-9,11-12,14-15H,2,10,13,16H2,1H3,(H2,26,27,30). The van der Waals surface area contributed by atoms with E-state index in [0.717, 1.165) is 42.0 Å². The van der Waals surface area contributed by atoms with E-state index in [0.29, 0.717) is 17.2 Å². The summed E-state index contributed by atoms with van der Waals surface area (Å²) < 4.78 is 12.9. The van der Waals surface area contributed by atoms with Crippen molar-refractivity contribution in [3.05, 3.63) is 78.1 Å². The maximum Gasteiger partial charge on any atom is 0.323 e. The number of carbonyl (C=O) groups excluding carboxylic acids is 1. The quantitative estimate of drug-likeness (QED) is 0.442. The number of hydrogen-bond donors (Lipinski definition) is 2. The molecule has 2 heterocycles. The van der Waals surface area contributed by atoms with Gasteiger partial charge in [0.15, 0.2) is 11.5 Å². The summed E-state index contributed by atoms with van der Waals surface area (Å²) in [6.45, 7) is 3.23. The van der Waals surface area contributed by atoms with Crippen molar-refractivity contribution in [2.24, 2.45) is 0 Å². The maximum atomic E-state index is 12.4. The van der Waals surface area contributed by atoms with E-state index in [9.17, 15) is 4.79 Å². The highest BCUT2D eigenvalue weighted by atomic mass is 16.7. The number of carbonyl (C=O) groups is 1. The molecule has 2 amide bonds. The largest absolute Gasteiger partial charge is 0.454 e. The van der Waals surface area contributed by atoms with Crippen molar-refractivity contribution in [2.45, 2.75) is 26.3 Å². The van der Waals surface area contributed by atoms with Gasteiger partial charge in [0.05, 0.1) is 11.0 Å². The molecule has 2 N–H and O–H groups in total. The molecule has 0 fully saturated rings. The summed E-state index contributed by atoms with van der Waals surface area (Å²) in [5, 5.41) is 5.73. The Hall–Kier alpha value is -4.00. The third-order valence-electron chi connectivity index (χ3n) is 5.50. The van der Waals surface area contributed by atoms with Crippen LogP contribution in [-0.2, 0) is 19.4 Å². The Bertz CT molecular complexity index is 1280. The predicted molar refractivity (Wildman–Crippen MR) is 124 cm³/mol. The van der Waals surface area contributed by atoms with Gasteiger partial charge >= 0.3 is 6.03 Å². The third-order valence-corrected chi connectivity index (χ3v) is 5.50. The molecule has 7 nitrogen and oxygen atoms in total. The van der Waals surface area contributed by atoms with Gasteiger partial charge in [-0.05, 0) is 55.3 Å². The number of nitrogens with one attached hydrogen (secondary N) is 2. The smallest absolute Gasteiger partial charge is 0.323 e. The zero-order chi connectivity index (χ0) is 21.9. The van der Waals surface area contributed by atoms with Crippen LogP contribution in [0.15, 0.2) is 66.7 Å². The first-order valence-corrected chi connectivity index (χ1v) is 10.7. The summed E-state index contributed by atoms with van der Waals surface area (Å²) in [4.78, 5) is 17.3. The van der Waals surface area contributed by atoms with Crippen LogP contribution in [0.4, 0.5) is 16.2 Å². The number of fused-ring (bicyclic) bond motifs is 2. The van der Waals surface area contributed by atoms with Crippen LogP contribution in [0.1, 0.15) is 18.3 Å². The molecule has 0 unspecified atom stereocenters. The van der Waals surface area contributed by atoms with Crippen molar-refractivity contribution in [2.75, 3.05) is 17.4 Å². The summed E-state index contributed by atoms with van der Waals surface area (Å²) in [7, 11) is 0. The number of hydrogen-bond acceptors (Lipinski definition) is 4. The summed E-state index contributed by atoms with van der Waals surface area (Å²) >= 11 is 0. The fraction of sp³-hybridized carbons (Fsp3) is 0.200. The van der Waals surface area contributed by atoms with Gasteiger partial charge in [0.25, 0.3) is 0 Å². The number of para-hydroxylation sites is 2. The lowest BCUT2D eigenvalue weighted by Crippen LogP contribution is -2.19. The number of aryl methyl sites for hydroxylation is 3. The van der Waals surface area contributed by atoms with Gasteiger partial charge in [-0.2, -0.15) is 0 Å². The van der Waals surface area contributed by atoms with Crippen molar-refractivity contribution < 1.29 is 14.3 Å². The minimum atomic E-state index is -0.311. The summed E-state index contributed by atoms with van der Waals surface area (Å²) in [5.41, 5.74) is 4.72. The van der Waals surface area contributed by atoms with E-state index in [1.807, 2.05) is 36.4 Å². The first-order valence-electron chi connectivity index (χ1n) is 10.7. The SMILES string of the molecule is CCn1c(CCc2cccc(NC(=O)Nc3ccc4c(c3)OCO4)c2)nc2ccccc21. The Morgan fingerprint density at radius 1 is 0.938 bits per heavy atom. The fourth-order valence-corrected chi connectivity index (χ4v) is 4.00. The van der Waals surface area contributed by atoms with Crippen molar-refractivity contribution in [1.29, 1.82) is 0 Å². The van der Waals surface area contributed by atoms with Crippen LogP contribution >= 0.6 is 0 Å². The second-order valence-electron chi connectivity index (χ2n) is 7.61. The Morgan fingerprint density at radius 3 is 2.62 bits per heavy atom. The molecule has 32 heavy (non-hydrogen) atoms. The normalized spacial score (nSPS) is 12.2. The van der Waals surface area contributed by atoms with Crippen LogP contribution in [0.2, 0.25) is 0 Å². The zero-order valence-corrected chi connectivity index (χ0v) is 17.8. The average Bonchev–Trinajstić information content (AvgIpc) is 3.41. The van der Waals surface area contributed by atoms with Gasteiger partial charge in [0.2, 0.25) is 6.79 Å². The van der Waals surface area contributed by atoms with Crippen LogP contribution in [0, 0.1) is 0 Å². The number of ether oxygens (including phenoxy) is 2. The van der Waals surface area contributed by atoms with Crippen molar-refractivity contribution >= 4 is 28.4 Å². The van der Waals surface area contributed by atoms with E-state index in [2.05, 4.69) is 34.3 Å². The van der Waals surface area contributed by atoms with E-state index < -0.39 is 0 Å². The van der Waals surface area contributed by atoms with Crippen LogP contribution in [0.3, 0.4) is 0 Å². The van der Waals surface area contributed by atoms with E-state index >= 15 is 0 Å². The maximum absolute atomic E-state index is 12.4. The monoisotopic (exact) mass is 428 g/mol. The number of imidazole rings is 1. The molecule has 0 bridgehead atoms. The molecule has 0 aliphatic carbocycles. The highest BCUT2D eigenvalue weighted by Crippen LogP contribution is 2.34. The number of nitrogens with zero attached hydrogens (tertiary/aromatic N) is 2. The molecule has 0 saturated carbocycles. The molecule has 1 aliphatic rings. The van der Waals surface area contributed by atoms with Gasteiger partial charge in [-0.15, -0.1) is 0 Å². The molecule has 7 heteroatoms. The van der Waals surface area contributed by atoms with E-state index in [4.69, 9.17) is 14.5 Å². The minimum Gasteiger partial charge on any atom is -0.454 e. The van der Waals surface area contributed by atoms with Gasteiger partial charge < -0.3 is 24.7 Å². The molecule has 3 aromatic carbocycles. The van der Waals surface area contributed by atoms with Gasteiger partial charge in [-0.3, -0.25) is 0 Å². The minimum absolute atomic E-state index is 0.201. The second-order valence-corrected chi connectivity index (χ2v) is 7.61. The first kappa shape index (κ1) is 19.9. The van der Waals surface area contributed by atoms with E-state index in [-0.39, 0.29) is 12.8 Å². The Kier molecular flexibility index (Phi) is 5.37. The number of urea groups is 1. The number of benzene rings is 3. The topological polar surface area (TPSA) is 77.4 Å². The van der Waals surface area contributed by atoms with Crippen LogP contribution in [0.25, 0.3) is 11.0 Å². The highest BCUT2D eigenvalue weighted by Gasteiger charge is 2.14. The van der Waals surface area contributed by atoms with E-state index in [1.165, 1.54) is 5.52 Å². The van der Waals surface area contributed by atoms with Crippen LogP contribution in [-0.4, -0.2) is 22.4 Å². The third kappa shape index (κ3) is 4.09. The number of rotatable bonds is 6. The van der Waals surface area contributed by atoms with Gasteiger partial charge in [-0.25, -0.2) is 9.78 Å². The highest BCUT2D eigenvalue weighted by molar-refractivity contribution is 6.00. The van der Waals surface area contributed by atoms with Crippen LogP contribution < -0.4 is 20.1 Å². The van der Waals surface area contributed by atoms with Gasteiger partial charge in [-0.1, -0.05) is 24.3 Å². The molecular weight excluding hydrogens is 404 g/mol. The summed E-state index contributed by atoms with van der Waals surface area (Å²) in [6, 6.07) is 21.1. The molecule has 5 rings (SSSR count). The summed E-state index contributed by atoms with van der Waals surface area (Å²) in [5.74, 6) is 2.38. The zero-order valence-electron chi connectivity index (χ0n) is 17.8. The number of amides is 2. The molecule has 0 spiro atoms. The first-order chi connectivity index (χ1) is 15.7. The Morgan fingerprint density at radius 2 is 1.75 bits per heavy atom. The number of anilines is 2. The predicted octanol–water partition coefficient (Wildman–Crippen LogP) is 5.21. The average molecular weight is 428 g/mol. The molecular formula is C25H24N4O3. The molecule has 0 atom stereocenters. The lowest BCUT2D eigenvalue weighted by atomic mass is 10.1. The second kappa shape index (κ2) is 8.63. The number of aromatic nitrogens is 2. The molecule has 162 valence electrons. The van der Waals surface area contributed by atoms with Crippen molar-refractivity contribution in [3.8, 4) is 11.5 Å². The molecule has 0 saturated heterocycles. The Balaban J connectivity index is 1.23. The molecule has 0 radical (unpaired) electrons. The Labute approximate surface area is 186 Å². The molecule has 4 aromatic rings.